The Balaban J connectivity index is 2.01. The number of benzene rings is 1. The molecule has 0 aliphatic heterocycles. The fraction of sp³-hybridized carbons (Fsp3) is 0.250. The summed E-state index contributed by atoms with van der Waals surface area (Å²) in [6.07, 6.45) is 0. The third-order valence-corrected chi connectivity index (χ3v) is 4.73. The Labute approximate surface area is 137 Å². The highest BCUT2D eigenvalue weighted by atomic mass is 79.9. The molecule has 0 atom stereocenters. The lowest BCUT2D eigenvalue weighted by atomic mass is 10.2. The molecule has 1 heterocycles. The molecule has 1 aromatic heterocycles. The number of carbonyl (C=O) groups excluding carboxylic acids is 1. The zero-order valence-corrected chi connectivity index (χ0v) is 14.7. The van der Waals surface area contributed by atoms with Crippen molar-refractivity contribution in [3.05, 3.63) is 52.1 Å². The molecule has 1 amide bonds. The van der Waals surface area contributed by atoms with E-state index in [1.54, 1.807) is 23.7 Å². The van der Waals surface area contributed by atoms with Gasteiger partial charge in [-0.3, -0.25) is 9.69 Å². The van der Waals surface area contributed by atoms with Crippen LogP contribution >= 0.6 is 27.7 Å². The molecule has 0 radical (unpaired) electrons. The summed E-state index contributed by atoms with van der Waals surface area (Å²) in [5, 5.41) is 0. The maximum Gasteiger partial charge on any atom is 0.238 e. The van der Waals surface area contributed by atoms with Crippen molar-refractivity contribution < 1.29 is 4.79 Å². The number of pyridine rings is 1. The molecule has 2 aromatic rings. The van der Waals surface area contributed by atoms with Gasteiger partial charge >= 0.3 is 0 Å². The van der Waals surface area contributed by atoms with E-state index in [0.717, 1.165) is 15.1 Å². The highest BCUT2D eigenvalue weighted by Crippen LogP contribution is 2.25. The zero-order valence-electron chi connectivity index (χ0n) is 12.3. The van der Waals surface area contributed by atoms with Crippen molar-refractivity contribution in [3.63, 3.8) is 0 Å². The summed E-state index contributed by atoms with van der Waals surface area (Å²) >= 11 is 5.00. The second kappa shape index (κ2) is 7.09. The largest absolute Gasteiger partial charge is 0.299 e. The van der Waals surface area contributed by atoms with Gasteiger partial charge in [-0.1, -0.05) is 22.0 Å². The van der Waals surface area contributed by atoms with Crippen LogP contribution in [0.3, 0.4) is 0 Å². The van der Waals surface area contributed by atoms with Gasteiger partial charge in [-0.15, -0.1) is 11.8 Å². The van der Waals surface area contributed by atoms with Gasteiger partial charge in [0.15, 0.2) is 0 Å². The minimum absolute atomic E-state index is 0.0421. The van der Waals surface area contributed by atoms with E-state index in [2.05, 4.69) is 27.0 Å². The lowest BCUT2D eigenvalue weighted by Gasteiger charge is -2.16. The van der Waals surface area contributed by atoms with Crippen LogP contribution in [0.15, 0.2) is 45.8 Å². The van der Waals surface area contributed by atoms with Crippen LogP contribution in [0.25, 0.3) is 0 Å². The maximum atomic E-state index is 12.3. The first kappa shape index (κ1) is 16.0. The van der Waals surface area contributed by atoms with Crippen molar-refractivity contribution in [2.45, 2.75) is 18.7 Å². The predicted octanol–water partition coefficient (Wildman–Crippen LogP) is 4.22. The van der Waals surface area contributed by atoms with Crippen LogP contribution in [0.4, 0.5) is 5.82 Å². The molecule has 0 saturated heterocycles. The van der Waals surface area contributed by atoms with Crippen LogP contribution in [0.5, 0.6) is 0 Å². The molecule has 110 valence electrons. The summed E-state index contributed by atoms with van der Waals surface area (Å²) in [4.78, 5) is 19.4. The molecule has 5 heteroatoms. The quantitative estimate of drug-likeness (QED) is 0.761. The number of nitrogens with zero attached hydrogens (tertiary/aromatic N) is 2. The Morgan fingerprint density at radius 1 is 1.29 bits per heavy atom. The Hall–Kier alpha value is -1.33. The lowest BCUT2D eigenvalue weighted by molar-refractivity contribution is -0.115. The number of anilines is 1. The standard InChI is InChI=1S/C16H17BrN2OS/c1-11-9-13(17)7-8-14(11)21-10-16(20)19(3)15-6-4-5-12(2)18-15/h4-9H,10H2,1-3H3. The van der Waals surface area contributed by atoms with Gasteiger partial charge in [0.1, 0.15) is 5.82 Å². The number of halogens is 1. The molecule has 0 spiro atoms. The van der Waals surface area contributed by atoms with Crippen LogP contribution in [0, 0.1) is 13.8 Å². The summed E-state index contributed by atoms with van der Waals surface area (Å²) in [6.45, 7) is 3.96. The second-order valence-corrected chi connectivity index (χ2v) is 6.72. The third-order valence-electron chi connectivity index (χ3n) is 3.08. The van der Waals surface area contributed by atoms with E-state index in [1.807, 2.05) is 44.2 Å². The summed E-state index contributed by atoms with van der Waals surface area (Å²) in [5.41, 5.74) is 2.07. The van der Waals surface area contributed by atoms with Gasteiger partial charge in [0.2, 0.25) is 5.91 Å². The number of thioether (sulfide) groups is 1. The molecule has 0 N–H and O–H groups in total. The van der Waals surface area contributed by atoms with E-state index in [1.165, 1.54) is 5.56 Å². The number of aryl methyl sites for hydroxylation is 2. The fourth-order valence-electron chi connectivity index (χ4n) is 1.85. The molecule has 21 heavy (non-hydrogen) atoms. The number of rotatable bonds is 4. The zero-order chi connectivity index (χ0) is 15.4. The molecule has 0 aliphatic carbocycles. The molecule has 0 fully saturated rings. The van der Waals surface area contributed by atoms with Crippen molar-refractivity contribution in [3.8, 4) is 0 Å². The van der Waals surface area contributed by atoms with Gasteiger partial charge in [-0.05, 0) is 49.7 Å². The fourth-order valence-corrected chi connectivity index (χ4v) is 3.25. The first-order valence-corrected chi connectivity index (χ1v) is 8.34. The Morgan fingerprint density at radius 3 is 2.71 bits per heavy atom. The Kier molecular flexibility index (Phi) is 5.42. The van der Waals surface area contributed by atoms with Crippen LogP contribution < -0.4 is 4.90 Å². The summed E-state index contributed by atoms with van der Waals surface area (Å²) in [5.74, 6) is 1.13. The molecule has 1 aromatic carbocycles. The van der Waals surface area contributed by atoms with Crippen LogP contribution in [-0.2, 0) is 4.79 Å². The molecule has 3 nitrogen and oxygen atoms in total. The number of aromatic nitrogens is 1. The predicted molar refractivity (Wildman–Crippen MR) is 92.0 cm³/mol. The van der Waals surface area contributed by atoms with Gasteiger partial charge in [0, 0.05) is 22.1 Å². The van der Waals surface area contributed by atoms with Crippen molar-refractivity contribution in [2.24, 2.45) is 0 Å². The highest BCUT2D eigenvalue weighted by Gasteiger charge is 2.13. The molecule has 0 saturated carbocycles. The summed E-state index contributed by atoms with van der Waals surface area (Å²) < 4.78 is 1.05. The SMILES string of the molecule is Cc1cccc(N(C)C(=O)CSc2ccc(Br)cc2C)n1. The van der Waals surface area contributed by atoms with Gasteiger partial charge in [0.05, 0.1) is 5.75 Å². The van der Waals surface area contributed by atoms with Crippen LogP contribution in [0.2, 0.25) is 0 Å². The van der Waals surface area contributed by atoms with Gasteiger partial charge in [-0.2, -0.15) is 0 Å². The van der Waals surface area contributed by atoms with E-state index in [4.69, 9.17) is 0 Å². The van der Waals surface area contributed by atoms with Crippen molar-refractivity contribution >= 4 is 39.4 Å². The molecule has 0 unspecified atom stereocenters. The Morgan fingerprint density at radius 2 is 2.05 bits per heavy atom. The van der Waals surface area contributed by atoms with Gasteiger partial charge in [-0.25, -0.2) is 4.98 Å². The minimum Gasteiger partial charge on any atom is -0.299 e. The van der Waals surface area contributed by atoms with Crippen LogP contribution in [0.1, 0.15) is 11.3 Å². The summed E-state index contributed by atoms with van der Waals surface area (Å²) in [6, 6.07) is 11.8. The lowest BCUT2D eigenvalue weighted by Crippen LogP contribution is -2.28. The maximum absolute atomic E-state index is 12.3. The number of hydrogen-bond donors (Lipinski definition) is 0. The minimum atomic E-state index is 0.0421. The number of hydrogen-bond acceptors (Lipinski definition) is 3. The molecular weight excluding hydrogens is 348 g/mol. The monoisotopic (exact) mass is 364 g/mol. The molecular formula is C16H17BrN2OS. The van der Waals surface area contributed by atoms with E-state index in [9.17, 15) is 4.79 Å². The molecule has 0 aliphatic rings. The second-order valence-electron chi connectivity index (χ2n) is 4.79. The molecule has 2 rings (SSSR count). The first-order chi connectivity index (χ1) is 9.97. The van der Waals surface area contributed by atoms with Gasteiger partial charge in [0.25, 0.3) is 0 Å². The van der Waals surface area contributed by atoms with E-state index >= 15 is 0 Å². The van der Waals surface area contributed by atoms with E-state index in [0.29, 0.717) is 11.6 Å². The average molecular weight is 365 g/mol. The van der Waals surface area contributed by atoms with E-state index in [-0.39, 0.29) is 5.91 Å². The van der Waals surface area contributed by atoms with Crippen LogP contribution in [-0.4, -0.2) is 23.7 Å². The topological polar surface area (TPSA) is 33.2 Å². The first-order valence-electron chi connectivity index (χ1n) is 6.56. The number of amides is 1. The average Bonchev–Trinajstić information content (AvgIpc) is 2.45. The van der Waals surface area contributed by atoms with Crippen molar-refractivity contribution in [2.75, 3.05) is 17.7 Å². The number of carbonyl (C=O) groups is 1. The highest BCUT2D eigenvalue weighted by molar-refractivity contribution is 9.10. The van der Waals surface area contributed by atoms with Crippen molar-refractivity contribution in [1.82, 2.24) is 4.98 Å². The smallest absolute Gasteiger partial charge is 0.238 e. The van der Waals surface area contributed by atoms with Gasteiger partial charge < -0.3 is 0 Å². The normalized spacial score (nSPS) is 10.5. The molecule has 0 bridgehead atoms. The summed E-state index contributed by atoms with van der Waals surface area (Å²) in [7, 11) is 1.76. The third kappa shape index (κ3) is 4.32. The Bertz CT molecular complexity index is 660. The van der Waals surface area contributed by atoms with E-state index < -0.39 is 0 Å². The van der Waals surface area contributed by atoms with Crippen molar-refractivity contribution in [1.29, 1.82) is 0 Å².